The number of nitrogens with zero attached hydrogens (tertiary/aromatic N) is 2. The van der Waals surface area contributed by atoms with Crippen molar-refractivity contribution in [2.24, 2.45) is 7.05 Å². The summed E-state index contributed by atoms with van der Waals surface area (Å²) in [5.74, 6) is 0.268. The third-order valence-electron chi connectivity index (χ3n) is 4.00. The van der Waals surface area contributed by atoms with Crippen molar-refractivity contribution in [2.45, 2.75) is 0 Å². The third kappa shape index (κ3) is 2.05. The minimum Gasteiger partial charge on any atom is -0.321 e. The second kappa shape index (κ2) is 4.91. The number of rotatable bonds is 1. The lowest BCUT2D eigenvalue weighted by atomic mass is 10.1. The minimum absolute atomic E-state index is 0.130. The zero-order chi connectivity index (χ0) is 16.0. The number of para-hydroxylation sites is 2. The molecule has 112 valence electrons. The molecule has 0 bridgehead atoms. The number of hydrogen-bond acceptors (Lipinski definition) is 3. The van der Waals surface area contributed by atoms with E-state index in [-0.39, 0.29) is 11.5 Å². The smallest absolute Gasteiger partial charge is 0.261 e. The van der Waals surface area contributed by atoms with Gasteiger partial charge in [-0.15, -0.1) is 0 Å². The van der Waals surface area contributed by atoms with E-state index in [1.165, 1.54) is 4.57 Å². The second-order valence-electron chi connectivity index (χ2n) is 5.41. The van der Waals surface area contributed by atoms with Crippen LogP contribution < -0.4 is 10.9 Å². The molecule has 1 aromatic heterocycles. The predicted octanol–water partition coefficient (Wildman–Crippen LogP) is 2.43. The summed E-state index contributed by atoms with van der Waals surface area (Å²) in [6.45, 7) is 0. The molecule has 5 nitrogen and oxygen atoms in total. The quantitative estimate of drug-likeness (QED) is 0.702. The predicted molar refractivity (Wildman–Crippen MR) is 89.9 cm³/mol. The van der Waals surface area contributed by atoms with Gasteiger partial charge in [0.25, 0.3) is 11.5 Å². The molecule has 1 N–H and O–H groups in total. The molecule has 3 aromatic rings. The van der Waals surface area contributed by atoms with E-state index in [0.29, 0.717) is 22.3 Å². The summed E-state index contributed by atoms with van der Waals surface area (Å²) in [6.07, 6.45) is 1.66. The maximum atomic E-state index is 12.4. The summed E-state index contributed by atoms with van der Waals surface area (Å²) in [5.41, 5.74) is 2.59. The van der Waals surface area contributed by atoms with Crippen molar-refractivity contribution in [2.75, 3.05) is 5.32 Å². The van der Waals surface area contributed by atoms with Crippen LogP contribution in [0.1, 0.15) is 11.4 Å². The molecule has 2 aromatic carbocycles. The molecule has 4 rings (SSSR count). The first-order valence-corrected chi connectivity index (χ1v) is 7.23. The monoisotopic (exact) mass is 303 g/mol. The van der Waals surface area contributed by atoms with Gasteiger partial charge in [-0.2, -0.15) is 0 Å². The number of carbonyl (C=O) groups is 1. The number of nitrogens with one attached hydrogen (secondary N) is 1. The van der Waals surface area contributed by atoms with Crippen molar-refractivity contribution in [1.82, 2.24) is 9.55 Å². The highest BCUT2D eigenvalue weighted by molar-refractivity contribution is 6.34. The number of hydrogen-bond donors (Lipinski definition) is 1. The Morgan fingerprint density at radius 1 is 1.04 bits per heavy atom. The highest BCUT2D eigenvalue weighted by Gasteiger charge is 2.24. The topological polar surface area (TPSA) is 64.0 Å². The van der Waals surface area contributed by atoms with Crippen LogP contribution in [0.2, 0.25) is 0 Å². The van der Waals surface area contributed by atoms with Crippen LogP contribution in [0.3, 0.4) is 0 Å². The lowest BCUT2D eigenvalue weighted by Crippen LogP contribution is -2.20. The molecule has 0 aliphatic carbocycles. The fraction of sp³-hybridized carbons (Fsp3) is 0.0556. The molecule has 1 aliphatic rings. The van der Waals surface area contributed by atoms with Gasteiger partial charge in [0.05, 0.1) is 16.5 Å². The molecule has 0 saturated carbocycles. The van der Waals surface area contributed by atoms with E-state index in [1.54, 1.807) is 25.3 Å². The second-order valence-corrected chi connectivity index (χ2v) is 5.41. The summed E-state index contributed by atoms with van der Waals surface area (Å²) in [5, 5.41) is 3.38. The number of anilines is 1. The van der Waals surface area contributed by atoms with E-state index in [1.807, 2.05) is 36.4 Å². The van der Waals surface area contributed by atoms with Gasteiger partial charge in [-0.05, 0) is 24.3 Å². The van der Waals surface area contributed by atoms with Gasteiger partial charge in [0, 0.05) is 18.3 Å². The van der Waals surface area contributed by atoms with Gasteiger partial charge in [0.2, 0.25) is 0 Å². The Morgan fingerprint density at radius 2 is 1.78 bits per heavy atom. The van der Waals surface area contributed by atoms with Crippen LogP contribution >= 0.6 is 0 Å². The average Bonchev–Trinajstić information content (AvgIpc) is 2.88. The van der Waals surface area contributed by atoms with Crippen LogP contribution in [0.25, 0.3) is 22.6 Å². The lowest BCUT2D eigenvalue weighted by molar-refractivity contribution is -0.110. The Bertz CT molecular complexity index is 1050. The van der Waals surface area contributed by atoms with Gasteiger partial charge in [-0.1, -0.05) is 30.3 Å². The minimum atomic E-state index is -0.186. The van der Waals surface area contributed by atoms with Gasteiger partial charge in [-0.3, -0.25) is 14.2 Å². The Labute approximate surface area is 131 Å². The summed E-state index contributed by atoms with van der Waals surface area (Å²) in [6, 6.07) is 14.7. The van der Waals surface area contributed by atoms with Crippen molar-refractivity contribution in [3.05, 3.63) is 70.3 Å². The normalized spacial score (nSPS) is 15.0. The van der Waals surface area contributed by atoms with E-state index < -0.39 is 0 Å². The van der Waals surface area contributed by atoms with Crippen molar-refractivity contribution in [3.8, 4) is 0 Å². The summed E-state index contributed by atoms with van der Waals surface area (Å²) in [7, 11) is 1.66. The maximum Gasteiger partial charge on any atom is 0.261 e. The molecule has 2 heterocycles. The van der Waals surface area contributed by atoms with Gasteiger partial charge in [0.1, 0.15) is 5.82 Å². The molecule has 1 amide bonds. The highest BCUT2D eigenvalue weighted by atomic mass is 16.2. The molecular formula is C18H13N3O2. The van der Waals surface area contributed by atoms with E-state index in [2.05, 4.69) is 10.3 Å². The Morgan fingerprint density at radius 3 is 2.65 bits per heavy atom. The van der Waals surface area contributed by atoms with Crippen molar-refractivity contribution in [3.63, 3.8) is 0 Å². The van der Waals surface area contributed by atoms with Crippen molar-refractivity contribution < 1.29 is 4.79 Å². The third-order valence-corrected chi connectivity index (χ3v) is 4.00. The molecule has 0 saturated heterocycles. The first-order valence-electron chi connectivity index (χ1n) is 7.23. The summed E-state index contributed by atoms with van der Waals surface area (Å²) < 4.78 is 1.46. The van der Waals surface area contributed by atoms with Crippen molar-refractivity contribution in [1.29, 1.82) is 0 Å². The lowest BCUT2D eigenvalue weighted by Gasteiger charge is -2.06. The summed E-state index contributed by atoms with van der Waals surface area (Å²) >= 11 is 0. The van der Waals surface area contributed by atoms with Gasteiger partial charge < -0.3 is 5.32 Å². The zero-order valence-corrected chi connectivity index (χ0v) is 12.4. The highest BCUT2D eigenvalue weighted by Crippen LogP contribution is 2.32. The van der Waals surface area contributed by atoms with Gasteiger partial charge >= 0.3 is 0 Å². The van der Waals surface area contributed by atoms with Crippen LogP contribution in [0, 0.1) is 0 Å². The fourth-order valence-electron chi connectivity index (χ4n) is 2.78. The molecule has 0 spiro atoms. The molecule has 0 fully saturated rings. The van der Waals surface area contributed by atoms with Gasteiger partial charge in [-0.25, -0.2) is 4.98 Å². The van der Waals surface area contributed by atoms with Crippen molar-refractivity contribution >= 4 is 34.1 Å². The number of amides is 1. The van der Waals surface area contributed by atoms with E-state index in [9.17, 15) is 9.59 Å². The molecule has 5 heteroatoms. The largest absolute Gasteiger partial charge is 0.321 e. The van der Waals surface area contributed by atoms with Crippen LogP contribution in [-0.4, -0.2) is 15.5 Å². The molecule has 0 radical (unpaired) electrons. The van der Waals surface area contributed by atoms with E-state index >= 15 is 0 Å². The maximum absolute atomic E-state index is 12.4. The Balaban J connectivity index is 1.96. The SMILES string of the molecule is Cn1c(/C=C2\C(=O)Nc3ccccc32)nc2ccccc2c1=O. The van der Waals surface area contributed by atoms with Crippen LogP contribution in [0.4, 0.5) is 5.69 Å². The number of carbonyl (C=O) groups excluding carboxylic acids is 1. The molecule has 0 atom stereocenters. The molecule has 23 heavy (non-hydrogen) atoms. The number of benzene rings is 2. The average molecular weight is 303 g/mol. The molecular weight excluding hydrogens is 290 g/mol. The Kier molecular flexibility index (Phi) is 2.87. The standard InChI is InChI=1S/C18H13N3O2/c1-21-16(19-15-9-5-3-7-12(15)18(21)23)10-13-11-6-2-4-8-14(11)20-17(13)22/h2-10H,1H3,(H,20,22)/b13-10-. The zero-order valence-electron chi connectivity index (χ0n) is 12.4. The van der Waals surface area contributed by atoms with Crippen LogP contribution in [0.15, 0.2) is 53.3 Å². The van der Waals surface area contributed by atoms with Gasteiger partial charge in [0.15, 0.2) is 0 Å². The van der Waals surface area contributed by atoms with E-state index in [4.69, 9.17) is 0 Å². The van der Waals surface area contributed by atoms with Crippen LogP contribution in [-0.2, 0) is 11.8 Å². The molecule has 1 aliphatic heterocycles. The molecule has 0 unspecified atom stereocenters. The van der Waals surface area contributed by atoms with Crippen LogP contribution in [0.5, 0.6) is 0 Å². The van der Waals surface area contributed by atoms with E-state index in [0.717, 1.165) is 11.3 Å². The first kappa shape index (κ1) is 13.5. The first-order chi connectivity index (χ1) is 11.1. The fourth-order valence-corrected chi connectivity index (χ4v) is 2.78. The Hall–Kier alpha value is -3.21. The number of aromatic nitrogens is 2. The summed E-state index contributed by atoms with van der Waals surface area (Å²) in [4.78, 5) is 29.2. The number of fused-ring (bicyclic) bond motifs is 2.